The Morgan fingerprint density at radius 2 is 2.00 bits per heavy atom. The number of carboxylic acids is 1. The zero-order valence-corrected chi connectivity index (χ0v) is 9.38. The number of carbonyl (C=O) groups is 1. The molecule has 1 N–H and O–H groups in total. The van der Waals surface area contributed by atoms with E-state index in [0.29, 0.717) is 0 Å². The Morgan fingerprint density at radius 3 is 2.53 bits per heavy atom. The summed E-state index contributed by atoms with van der Waals surface area (Å²) in [4.78, 5) is 10.6. The van der Waals surface area contributed by atoms with E-state index in [0.717, 1.165) is 12.1 Å². The second kappa shape index (κ2) is 5.96. The highest BCUT2D eigenvalue weighted by molar-refractivity contribution is 5.88. The summed E-state index contributed by atoms with van der Waals surface area (Å²) in [5.41, 5.74) is -0.952. The molecule has 0 spiro atoms. The Labute approximate surface area is 104 Å². The summed E-state index contributed by atoms with van der Waals surface area (Å²) >= 11 is 0. The third-order valence-corrected chi connectivity index (χ3v) is 2.18. The lowest BCUT2D eigenvalue weighted by atomic mass is 10.1. The molecule has 0 fully saturated rings. The summed E-state index contributed by atoms with van der Waals surface area (Å²) in [5.74, 6) is -7.01. The Hall–Kier alpha value is -1.70. The average Bonchev–Trinajstić information content (AvgIpc) is 2.30. The highest BCUT2D eigenvalue weighted by Crippen LogP contribution is 2.23. The Balaban J connectivity index is 2.69. The van der Waals surface area contributed by atoms with Crippen LogP contribution in [0.2, 0.25) is 0 Å². The molecule has 0 atom stereocenters. The fraction of sp³-hybridized carbons (Fsp3) is 0.364. The summed E-state index contributed by atoms with van der Waals surface area (Å²) in [6.45, 7) is -2.31. The molecule has 0 aromatic heterocycles. The molecule has 0 saturated carbocycles. The first-order chi connectivity index (χ1) is 8.75. The Bertz CT molecular complexity index is 462. The summed E-state index contributed by atoms with van der Waals surface area (Å²) in [6, 6.07) is 3.29. The van der Waals surface area contributed by atoms with Crippen molar-refractivity contribution in [3.8, 4) is 0 Å². The molecule has 0 aliphatic heterocycles. The van der Waals surface area contributed by atoms with E-state index in [-0.39, 0.29) is 5.56 Å². The zero-order chi connectivity index (χ0) is 14.6. The smallest absolute Gasteiger partial charge is 0.338 e. The number of halogens is 5. The molecule has 8 heteroatoms. The topological polar surface area (TPSA) is 46.5 Å². The largest absolute Gasteiger partial charge is 0.478 e. The van der Waals surface area contributed by atoms with Crippen LogP contribution in [0.5, 0.6) is 0 Å². The molecule has 0 amide bonds. The first kappa shape index (κ1) is 15.4. The van der Waals surface area contributed by atoms with Gasteiger partial charge in [-0.1, -0.05) is 12.1 Å². The molecule has 0 bridgehead atoms. The van der Waals surface area contributed by atoms with Crippen molar-refractivity contribution in [2.45, 2.75) is 19.0 Å². The van der Waals surface area contributed by atoms with Crippen molar-refractivity contribution in [3.05, 3.63) is 35.1 Å². The van der Waals surface area contributed by atoms with Crippen LogP contribution in [0.4, 0.5) is 22.0 Å². The van der Waals surface area contributed by atoms with E-state index in [9.17, 15) is 26.7 Å². The third-order valence-electron chi connectivity index (χ3n) is 2.18. The zero-order valence-electron chi connectivity index (χ0n) is 9.38. The van der Waals surface area contributed by atoms with Crippen molar-refractivity contribution in [1.29, 1.82) is 0 Å². The first-order valence-electron chi connectivity index (χ1n) is 5.00. The van der Waals surface area contributed by atoms with Gasteiger partial charge >= 0.3 is 18.3 Å². The maximum absolute atomic E-state index is 13.5. The molecule has 19 heavy (non-hydrogen) atoms. The summed E-state index contributed by atoms with van der Waals surface area (Å²) in [6.07, 6.45) is -3.89. The van der Waals surface area contributed by atoms with E-state index in [1.807, 2.05) is 0 Å². The maximum Gasteiger partial charge on any atom is 0.338 e. The van der Waals surface area contributed by atoms with Crippen LogP contribution in [-0.4, -0.2) is 30.0 Å². The summed E-state index contributed by atoms with van der Waals surface area (Å²) in [5, 5.41) is 8.62. The van der Waals surface area contributed by atoms with Crippen molar-refractivity contribution in [1.82, 2.24) is 0 Å². The molecular weight excluding hydrogens is 275 g/mol. The number of hydrogen-bond acceptors (Lipinski definition) is 2. The van der Waals surface area contributed by atoms with Crippen LogP contribution in [0.3, 0.4) is 0 Å². The summed E-state index contributed by atoms with van der Waals surface area (Å²) < 4.78 is 66.4. The van der Waals surface area contributed by atoms with Crippen LogP contribution in [0.25, 0.3) is 0 Å². The molecule has 1 aromatic rings. The van der Waals surface area contributed by atoms with Gasteiger partial charge in [-0.05, 0) is 6.07 Å². The van der Waals surface area contributed by atoms with Gasteiger partial charge in [-0.3, -0.25) is 0 Å². The Kier molecular flexibility index (Phi) is 4.82. The van der Waals surface area contributed by atoms with Crippen LogP contribution < -0.4 is 0 Å². The molecule has 0 aliphatic carbocycles. The summed E-state index contributed by atoms with van der Waals surface area (Å²) in [7, 11) is 0. The van der Waals surface area contributed by atoms with E-state index >= 15 is 0 Å². The van der Waals surface area contributed by atoms with Gasteiger partial charge in [0.2, 0.25) is 0 Å². The number of carboxylic acid groups (broad SMARTS) is 1. The van der Waals surface area contributed by atoms with Gasteiger partial charge < -0.3 is 9.84 Å². The highest BCUT2D eigenvalue weighted by Gasteiger charge is 2.41. The maximum atomic E-state index is 13.5. The molecule has 1 rings (SSSR count). The highest BCUT2D eigenvalue weighted by atomic mass is 19.3. The van der Waals surface area contributed by atoms with Crippen molar-refractivity contribution in [3.63, 3.8) is 0 Å². The molecule has 0 saturated heterocycles. The van der Waals surface area contributed by atoms with Gasteiger partial charge in [0.25, 0.3) is 0 Å². The van der Waals surface area contributed by atoms with Crippen LogP contribution in [-0.2, 0) is 11.3 Å². The van der Waals surface area contributed by atoms with Crippen molar-refractivity contribution in [2.75, 3.05) is 6.61 Å². The average molecular weight is 284 g/mol. The lowest BCUT2D eigenvalue weighted by Gasteiger charge is -2.15. The van der Waals surface area contributed by atoms with Crippen LogP contribution in [0, 0.1) is 5.82 Å². The van der Waals surface area contributed by atoms with Gasteiger partial charge in [-0.15, -0.1) is 0 Å². The second-order valence-electron chi connectivity index (χ2n) is 3.64. The monoisotopic (exact) mass is 284 g/mol. The van der Waals surface area contributed by atoms with E-state index in [1.54, 1.807) is 0 Å². The minimum atomic E-state index is -4.33. The standard InChI is InChI=1S/C11H9F5O3/c12-8-6(2-1-3-7(8)9(17)18)4-19-5-11(15,16)10(13)14/h1-3,10H,4-5H2,(H,17,18). The molecular formula is C11H9F5O3. The fourth-order valence-electron chi connectivity index (χ4n) is 1.22. The number of rotatable bonds is 6. The molecule has 0 unspecified atom stereocenters. The second-order valence-corrected chi connectivity index (χ2v) is 3.64. The fourth-order valence-corrected chi connectivity index (χ4v) is 1.22. The number of aromatic carboxylic acids is 1. The number of ether oxygens (including phenoxy) is 1. The lowest BCUT2D eigenvalue weighted by molar-refractivity contribution is -0.168. The molecule has 106 valence electrons. The van der Waals surface area contributed by atoms with E-state index in [1.165, 1.54) is 6.07 Å². The van der Waals surface area contributed by atoms with Crippen LogP contribution in [0.15, 0.2) is 18.2 Å². The molecule has 3 nitrogen and oxygen atoms in total. The third kappa shape index (κ3) is 3.88. The lowest BCUT2D eigenvalue weighted by Crippen LogP contribution is -2.32. The van der Waals surface area contributed by atoms with Crippen LogP contribution >= 0.6 is 0 Å². The predicted molar refractivity (Wildman–Crippen MR) is 54.0 cm³/mol. The van der Waals surface area contributed by atoms with Gasteiger partial charge in [0.05, 0.1) is 12.2 Å². The van der Waals surface area contributed by atoms with Gasteiger partial charge in [0.15, 0.2) is 0 Å². The number of hydrogen-bond donors (Lipinski definition) is 1. The normalized spacial score (nSPS) is 11.9. The van der Waals surface area contributed by atoms with Gasteiger partial charge in [0.1, 0.15) is 12.4 Å². The van der Waals surface area contributed by atoms with E-state index < -0.39 is 42.9 Å². The van der Waals surface area contributed by atoms with E-state index in [2.05, 4.69) is 4.74 Å². The SMILES string of the molecule is O=C(O)c1cccc(COCC(F)(F)C(F)F)c1F. The predicted octanol–water partition coefficient (Wildman–Crippen LogP) is 2.94. The minimum Gasteiger partial charge on any atom is -0.478 e. The van der Waals surface area contributed by atoms with E-state index in [4.69, 9.17) is 5.11 Å². The van der Waals surface area contributed by atoms with Crippen LogP contribution in [0.1, 0.15) is 15.9 Å². The van der Waals surface area contributed by atoms with Crippen molar-refractivity contribution >= 4 is 5.97 Å². The first-order valence-corrected chi connectivity index (χ1v) is 5.00. The quantitative estimate of drug-likeness (QED) is 0.817. The van der Waals surface area contributed by atoms with Crippen molar-refractivity contribution < 1.29 is 36.6 Å². The molecule has 1 aromatic carbocycles. The van der Waals surface area contributed by atoms with Crippen molar-refractivity contribution in [2.24, 2.45) is 0 Å². The molecule has 0 aliphatic rings. The molecule has 0 heterocycles. The molecule has 0 radical (unpaired) electrons. The van der Waals surface area contributed by atoms with Gasteiger partial charge in [-0.2, -0.15) is 8.78 Å². The number of benzene rings is 1. The Morgan fingerprint density at radius 1 is 1.37 bits per heavy atom. The van der Waals surface area contributed by atoms with Gasteiger partial charge in [-0.25, -0.2) is 18.0 Å². The van der Waals surface area contributed by atoms with Gasteiger partial charge in [0, 0.05) is 5.56 Å². The number of alkyl halides is 4. The minimum absolute atomic E-state index is 0.301.